The Bertz CT molecular complexity index is 570. The highest BCUT2D eigenvalue weighted by molar-refractivity contribution is 9.11. The fourth-order valence-corrected chi connectivity index (χ4v) is 3.53. The minimum Gasteiger partial charge on any atom is -0.376 e. The van der Waals surface area contributed by atoms with Crippen LogP contribution in [0.5, 0.6) is 0 Å². The third-order valence-electron chi connectivity index (χ3n) is 2.40. The van der Waals surface area contributed by atoms with E-state index in [9.17, 15) is 0 Å². The van der Waals surface area contributed by atoms with E-state index in [2.05, 4.69) is 34.2 Å². The number of benzene rings is 1. The first-order valence-electron chi connectivity index (χ1n) is 5.13. The van der Waals surface area contributed by atoms with E-state index in [-0.39, 0.29) is 6.04 Å². The van der Waals surface area contributed by atoms with Crippen molar-refractivity contribution in [3.8, 4) is 0 Å². The molecule has 2 rings (SSSR count). The first-order chi connectivity index (χ1) is 8.47. The molecule has 0 saturated heterocycles. The van der Waals surface area contributed by atoms with Gasteiger partial charge in [0.2, 0.25) is 0 Å². The van der Waals surface area contributed by atoms with Crippen LogP contribution in [0.3, 0.4) is 0 Å². The summed E-state index contributed by atoms with van der Waals surface area (Å²) in [6.07, 6.45) is 0. The van der Waals surface area contributed by atoms with Gasteiger partial charge in [-0.15, -0.1) is 11.3 Å². The van der Waals surface area contributed by atoms with Gasteiger partial charge in [0.15, 0.2) is 0 Å². The Labute approximate surface area is 133 Å². The third kappa shape index (κ3) is 3.34. The standard InChI is InChI=1S/C12H9BrCl3NS/c1-6(11-2-3-12(13)18-11)17-10-5-8(15)7(14)4-9(10)16/h2-6,17H,1H3. The van der Waals surface area contributed by atoms with Crippen LogP contribution >= 0.6 is 62.1 Å². The fraction of sp³-hybridized carbons (Fsp3) is 0.167. The second-order valence-electron chi connectivity index (χ2n) is 3.75. The molecule has 1 N–H and O–H groups in total. The topological polar surface area (TPSA) is 12.0 Å². The maximum absolute atomic E-state index is 6.13. The Morgan fingerprint density at radius 3 is 2.39 bits per heavy atom. The maximum atomic E-state index is 6.13. The molecule has 1 aromatic carbocycles. The number of nitrogens with one attached hydrogen (secondary N) is 1. The molecule has 6 heteroatoms. The summed E-state index contributed by atoms with van der Waals surface area (Å²) in [5, 5.41) is 4.83. The summed E-state index contributed by atoms with van der Waals surface area (Å²) >= 11 is 23.1. The van der Waals surface area contributed by atoms with Crippen LogP contribution in [0.2, 0.25) is 15.1 Å². The van der Waals surface area contributed by atoms with E-state index < -0.39 is 0 Å². The van der Waals surface area contributed by atoms with Crippen molar-refractivity contribution in [2.45, 2.75) is 13.0 Å². The van der Waals surface area contributed by atoms with Crippen molar-refractivity contribution in [1.29, 1.82) is 0 Å². The highest BCUT2D eigenvalue weighted by Crippen LogP contribution is 2.35. The molecule has 0 bridgehead atoms. The van der Waals surface area contributed by atoms with Gasteiger partial charge in [0.05, 0.1) is 30.6 Å². The molecule has 0 saturated carbocycles. The highest BCUT2D eigenvalue weighted by atomic mass is 79.9. The lowest BCUT2D eigenvalue weighted by atomic mass is 10.2. The van der Waals surface area contributed by atoms with Crippen LogP contribution < -0.4 is 5.32 Å². The lowest BCUT2D eigenvalue weighted by molar-refractivity contribution is 0.908. The summed E-state index contributed by atoms with van der Waals surface area (Å²) < 4.78 is 1.10. The van der Waals surface area contributed by atoms with Crippen LogP contribution in [0.1, 0.15) is 17.8 Å². The van der Waals surface area contributed by atoms with Gasteiger partial charge in [-0.25, -0.2) is 0 Å². The third-order valence-corrected chi connectivity index (χ3v) is 5.24. The number of hydrogen-bond acceptors (Lipinski definition) is 2. The van der Waals surface area contributed by atoms with Crippen molar-refractivity contribution < 1.29 is 0 Å². The lowest BCUT2D eigenvalue weighted by Gasteiger charge is -2.15. The number of anilines is 1. The molecule has 0 radical (unpaired) electrons. The zero-order valence-electron chi connectivity index (χ0n) is 9.31. The summed E-state index contributed by atoms with van der Waals surface area (Å²) in [5.41, 5.74) is 0.781. The minimum atomic E-state index is 0.149. The van der Waals surface area contributed by atoms with E-state index in [0.717, 1.165) is 9.47 Å². The molecule has 18 heavy (non-hydrogen) atoms. The Balaban J connectivity index is 2.21. The van der Waals surface area contributed by atoms with E-state index in [1.165, 1.54) is 4.88 Å². The molecule has 0 fully saturated rings. The van der Waals surface area contributed by atoms with E-state index in [1.54, 1.807) is 23.5 Å². The van der Waals surface area contributed by atoms with E-state index in [0.29, 0.717) is 15.1 Å². The predicted octanol–water partition coefficient (Wildman–Crippen LogP) is 6.64. The van der Waals surface area contributed by atoms with Gasteiger partial charge in [-0.05, 0) is 47.1 Å². The molecule has 2 aromatic rings. The zero-order valence-corrected chi connectivity index (χ0v) is 14.0. The molecule has 1 unspecified atom stereocenters. The summed E-state index contributed by atoms with van der Waals surface area (Å²) in [6, 6.07) is 7.62. The van der Waals surface area contributed by atoms with Crippen molar-refractivity contribution in [3.05, 3.63) is 48.0 Å². The van der Waals surface area contributed by atoms with Gasteiger partial charge in [0.25, 0.3) is 0 Å². The van der Waals surface area contributed by atoms with Gasteiger partial charge in [0.1, 0.15) is 0 Å². The number of hydrogen-bond donors (Lipinski definition) is 1. The Morgan fingerprint density at radius 1 is 1.11 bits per heavy atom. The molecule has 1 aromatic heterocycles. The predicted molar refractivity (Wildman–Crippen MR) is 85.5 cm³/mol. The average molecular weight is 386 g/mol. The first kappa shape index (κ1) is 14.5. The van der Waals surface area contributed by atoms with Gasteiger partial charge in [-0.1, -0.05) is 34.8 Å². The largest absolute Gasteiger partial charge is 0.376 e. The number of thiophene rings is 1. The van der Waals surface area contributed by atoms with Gasteiger partial charge >= 0.3 is 0 Å². The molecule has 0 spiro atoms. The van der Waals surface area contributed by atoms with E-state index in [1.807, 2.05) is 6.07 Å². The molecule has 1 heterocycles. The van der Waals surface area contributed by atoms with Gasteiger partial charge < -0.3 is 5.32 Å². The summed E-state index contributed by atoms with van der Waals surface area (Å²) in [7, 11) is 0. The Kier molecular flexibility index (Phi) is 4.84. The van der Waals surface area contributed by atoms with Crippen LogP contribution in [0, 0.1) is 0 Å². The first-order valence-corrected chi connectivity index (χ1v) is 7.88. The molecule has 96 valence electrons. The summed E-state index contributed by atoms with van der Waals surface area (Å²) in [4.78, 5) is 1.21. The van der Waals surface area contributed by atoms with Crippen molar-refractivity contribution in [3.63, 3.8) is 0 Å². The normalized spacial score (nSPS) is 12.5. The van der Waals surface area contributed by atoms with Crippen LogP contribution in [-0.2, 0) is 0 Å². The highest BCUT2D eigenvalue weighted by Gasteiger charge is 2.11. The minimum absolute atomic E-state index is 0.149. The van der Waals surface area contributed by atoms with Crippen molar-refractivity contribution in [1.82, 2.24) is 0 Å². The molecule has 0 aliphatic rings. The second kappa shape index (κ2) is 6.02. The summed E-state index contributed by atoms with van der Waals surface area (Å²) in [5.74, 6) is 0. The molecular formula is C12H9BrCl3NS. The molecule has 1 atom stereocenters. The lowest BCUT2D eigenvalue weighted by Crippen LogP contribution is -2.05. The van der Waals surface area contributed by atoms with Crippen LogP contribution in [0.4, 0.5) is 5.69 Å². The van der Waals surface area contributed by atoms with Crippen LogP contribution in [0.15, 0.2) is 28.1 Å². The van der Waals surface area contributed by atoms with E-state index in [4.69, 9.17) is 34.8 Å². The smallest absolute Gasteiger partial charge is 0.0702 e. The van der Waals surface area contributed by atoms with Crippen molar-refractivity contribution in [2.24, 2.45) is 0 Å². The van der Waals surface area contributed by atoms with Crippen molar-refractivity contribution >= 4 is 67.8 Å². The molecule has 0 aliphatic carbocycles. The average Bonchev–Trinajstić information content (AvgIpc) is 2.73. The Morgan fingerprint density at radius 2 is 1.78 bits per heavy atom. The molecule has 1 nitrogen and oxygen atoms in total. The van der Waals surface area contributed by atoms with E-state index >= 15 is 0 Å². The SMILES string of the molecule is CC(Nc1cc(Cl)c(Cl)cc1Cl)c1ccc(Br)s1. The quantitative estimate of drug-likeness (QED) is 0.584. The fourth-order valence-electron chi connectivity index (χ4n) is 1.50. The van der Waals surface area contributed by atoms with Gasteiger partial charge in [-0.3, -0.25) is 0 Å². The Hall–Kier alpha value is 0.0700. The molecule has 0 amide bonds. The number of halogens is 4. The van der Waals surface area contributed by atoms with Crippen molar-refractivity contribution in [2.75, 3.05) is 5.32 Å². The zero-order chi connectivity index (χ0) is 13.3. The molecule has 0 aliphatic heterocycles. The molecular weight excluding hydrogens is 376 g/mol. The second-order valence-corrected chi connectivity index (χ2v) is 7.47. The maximum Gasteiger partial charge on any atom is 0.0702 e. The number of rotatable bonds is 3. The van der Waals surface area contributed by atoms with Gasteiger partial charge in [0, 0.05) is 4.88 Å². The van der Waals surface area contributed by atoms with Crippen LogP contribution in [0.25, 0.3) is 0 Å². The summed E-state index contributed by atoms with van der Waals surface area (Å²) in [6.45, 7) is 2.07. The van der Waals surface area contributed by atoms with Crippen LogP contribution in [-0.4, -0.2) is 0 Å². The monoisotopic (exact) mass is 383 g/mol. The van der Waals surface area contributed by atoms with Gasteiger partial charge in [-0.2, -0.15) is 0 Å².